The number of rotatable bonds is 8. The van der Waals surface area contributed by atoms with E-state index in [1.165, 1.54) is 0 Å². The highest BCUT2D eigenvalue weighted by atomic mass is 32.2. The third kappa shape index (κ3) is 10.8. The molecular weight excluding hydrogens is 428 g/mol. The zero-order valence-corrected chi connectivity index (χ0v) is 19.9. The maximum atomic E-state index is 12.5. The van der Waals surface area contributed by atoms with Crippen molar-refractivity contribution >= 4 is 15.9 Å². The largest absolute Gasteiger partial charge is 0.330 e. The Bertz CT molecular complexity index is 743. The lowest BCUT2D eigenvalue weighted by atomic mass is 10.2. The Hall–Kier alpha value is -1.56. The molecule has 0 bridgehead atoms. The molecule has 1 aromatic rings. The summed E-state index contributed by atoms with van der Waals surface area (Å²) in [6.07, 6.45) is 3.60. The monoisotopic (exact) mass is 468 g/mol. The average molecular weight is 469 g/mol. The summed E-state index contributed by atoms with van der Waals surface area (Å²) in [6.45, 7) is 9.06. The predicted octanol–water partition coefficient (Wildman–Crippen LogP) is -0.0149. The van der Waals surface area contributed by atoms with E-state index in [0.717, 1.165) is 77.3 Å². The first-order valence-corrected chi connectivity index (χ1v) is 13.2. The van der Waals surface area contributed by atoms with Crippen LogP contribution in [0.2, 0.25) is 0 Å². The van der Waals surface area contributed by atoms with Crippen LogP contribution in [0.1, 0.15) is 37.7 Å². The quantitative estimate of drug-likeness (QED) is 0.337. The van der Waals surface area contributed by atoms with Crippen LogP contribution in [0.25, 0.3) is 0 Å². The third-order valence-corrected chi connectivity index (χ3v) is 6.75. The van der Waals surface area contributed by atoms with Gasteiger partial charge in [0, 0.05) is 39.1 Å². The molecule has 9 nitrogen and oxygen atoms in total. The van der Waals surface area contributed by atoms with E-state index in [0.29, 0.717) is 19.4 Å². The smallest absolute Gasteiger partial charge is 0.264 e. The van der Waals surface area contributed by atoms with E-state index in [-0.39, 0.29) is 11.3 Å². The number of carbonyl (C=O) groups is 1. The first-order valence-electron chi connectivity index (χ1n) is 11.7. The van der Waals surface area contributed by atoms with Crippen molar-refractivity contribution in [3.8, 4) is 0 Å². The number of hydrogen-bond donors (Lipinski definition) is 5. The van der Waals surface area contributed by atoms with Gasteiger partial charge in [0.05, 0.1) is 4.90 Å². The molecule has 1 aliphatic rings. The zero-order valence-electron chi connectivity index (χ0n) is 19.1. The molecule has 1 saturated heterocycles. The van der Waals surface area contributed by atoms with E-state index < -0.39 is 15.9 Å². The van der Waals surface area contributed by atoms with Crippen LogP contribution in [-0.2, 0) is 21.4 Å². The third-order valence-electron chi connectivity index (χ3n) is 5.36. The summed E-state index contributed by atoms with van der Waals surface area (Å²) >= 11 is 0. The second-order valence-electron chi connectivity index (χ2n) is 8.15. The van der Waals surface area contributed by atoms with Crippen molar-refractivity contribution in [3.05, 3.63) is 29.8 Å². The van der Waals surface area contributed by atoms with E-state index in [4.69, 9.17) is 5.73 Å². The van der Waals surface area contributed by atoms with Gasteiger partial charge in [-0.25, -0.2) is 13.1 Å². The summed E-state index contributed by atoms with van der Waals surface area (Å²) in [5.41, 5.74) is 6.46. The number of benzene rings is 1. The van der Waals surface area contributed by atoms with Gasteiger partial charge in [0.25, 0.3) is 10.0 Å². The van der Waals surface area contributed by atoms with Gasteiger partial charge >= 0.3 is 0 Å². The lowest BCUT2D eigenvalue weighted by molar-refractivity contribution is -0.119. The summed E-state index contributed by atoms with van der Waals surface area (Å²) in [5, 5.41) is 10.4. The molecule has 0 aliphatic carbocycles. The Morgan fingerprint density at radius 3 is 2.25 bits per heavy atom. The lowest BCUT2D eigenvalue weighted by Crippen LogP contribution is -2.36. The van der Waals surface area contributed by atoms with Crippen LogP contribution in [0.5, 0.6) is 0 Å². The Morgan fingerprint density at radius 2 is 1.56 bits per heavy atom. The predicted molar refractivity (Wildman–Crippen MR) is 128 cm³/mol. The maximum absolute atomic E-state index is 12.5. The fourth-order valence-electron chi connectivity index (χ4n) is 3.55. The minimum atomic E-state index is -3.85. The number of carbonyl (C=O) groups excluding carboxylic acids is 1. The minimum Gasteiger partial charge on any atom is -0.330 e. The first kappa shape index (κ1) is 26.7. The van der Waals surface area contributed by atoms with Crippen molar-refractivity contribution < 1.29 is 13.2 Å². The van der Waals surface area contributed by atoms with Crippen molar-refractivity contribution in [2.24, 2.45) is 5.73 Å². The molecule has 2 rings (SSSR count). The molecule has 32 heavy (non-hydrogen) atoms. The highest BCUT2D eigenvalue weighted by Crippen LogP contribution is 2.13. The molecule has 0 radical (unpaired) electrons. The SMILES string of the molecule is NCCCCC(=O)NS(=O)(=O)c1ccc(CN2CCCNCCNCCCNCC2)cc1. The second kappa shape index (κ2) is 15.3. The molecule has 182 valence electrons. The average Bonchev–Trinajstić information content (AvgIpc) is 2.76. The summed E-state index contributed by atoms with van der Waals surface area (Å²) in [6, 6.07) is 6.80. The summed E-state index contributed by atoms with van der Waals surface area (Å²) in [5.74, 6) is -0.495. The van der Waals surface area contributed by atoms with Gasteiger partial charge in [-0.15, -0.1) is 0 Å². The van der Waals surface area contributed by atoms with Crippen LogP contribution in [0.3, 0.4) is 0 Å². The molecule has 1 heterocycles. The van der Waals surface area contributed by atoms with Crippen molar-refractivity contribution in [2.45, 2.75) is 43.5 Å². The van der Waals surface area contributed by atoms with Crippen LogP contribution < -0.4 is 26.4 Å². The Balaban J connectivity index is 1.89. The number of hydrogen-bond acceptors (Lipinski definition) is 8. The molecule has 0 aromatic heterocycles. The zero-order chi connectivity index (χ0) is 23.1. The topological polar surface area (TPSA) is 129 Å². The number of nitrogens with one attached hydrogen (secondary N) is 4. The highest BCUT2D eigenvalue weighted by molar-refractivity contribution is 7.90. The molecule has 10 heteroatoms. The lowest BCUT2D eigenvalue weighted by Gasteiger charge is -2.23. The summed E-state index contributed by atoms with van der Waals surface area (Å²) < 4.78 is 27.1. The minimum absolute atomic E-state index is 0.105. The van der Waals surface area contributed by atoms with Crippen molar-refractivity contribution in [1.29, 1.82) is 0 Å². The van der Waals surface area contributed by atoms with Crippen LogP contribution in [0.15, 0.2) is 29.2 Å². The van der Waals surface area contributed by atoms with E-state index >= 15 is 0 Å². The van der Waals surface area contributed by atoms with Crippen LogP contribution in [0.4, 0.5) is 0 Å². The molecule has 0 saturated carbocycles. The summed E-state index contributed by atoms with van der Waals surface area (Å²) in [4.78, 5) is 14.4. The molecule has 0 spiro atoms. The van der Waals surface area contributed by atoms with E-state index in [1.54, 1.807) is 12.1 Å². The van der Waals surface area contributed by atoms with Gasteiger partial charge in [-0.1, -0.05) is 12.1 Å². The van der Waals surface area contributed by atoms with Crippen LogP contribution in [0, 0.1) is 0 Å². The van der Waals surface area contributed by atoms with E-state index in [2.05, 4.69) is 25.6 Å². The fourth-order valence-corrected chi connectivity index (χ4v) is 4.56. The highest BCUT2D eigenvalue weighted by Gasteiger charge is 2.17. The number of nitrogens with two attached hydrogens (primary N) is 1. The molecule has 1 aliphatic heterocycles. The standard InChI is InChI=1S/C22H40N6O3S/c23-10-2-1-5-22(29)27-32(30,31)21-8-6-20(7-9-21)19-28-17-4-13-25-15-14-24-11-3-12-26-16-18-28/h6-9,24-26H,1-5,10-19,23H2,(H,27,29). The maximum Gasteiger partial charge on any atom is 0.264 e. The van der Waals surface area contributed by atoms with Crippen LogP contribution in [-0.4, -0.2) is 78.1 Å². The van der Waals surface area contributed by atoms with Gasteiger partial charge in [0.2, 0.25) is 5.91 Å². The normalized spacial score (nSPS) is 18.0. The number of nitrogens with zero attached hydrogens (tertiary/aromatic N) is 1. The summed E-state index contributed by atoms with van der Waals surface area (Å²) in [7, 11) is -3.85. The Morgan fingerprint density at radius 1 is 0.906 bits per heavy atom. The van der Waals surface area contributed by atoms with Gasteiger partial charge < -0.3 is 21.7 Å². The number of unbranched alkanes of at least 4 members (excludes halogenated alkanes) is 1. The van der Waals surface area contributed by atoms with E-state index in [9.17, 15) is 13.2 Å². The van der Waals surface area contributed by atoms with Gasteiger partial charge in [-0.05, 0) is 76.1 Å². The number of sulfonamides is 1. The fraction of sp³-hybridized carbons (Fsp3) is 0.682. The molecule has 1 amide bonds. The van der Waals surface area contributed by atoms with Gasteiger partial charge in [-0.3, -0.25) is 9.69 Å². The molecule has 1 aromatic carbocycles. The van der Waals surface area contributed by atoms with Gasteiger partial charge in [-0.2, -0.15) is 0 Å². The Labute approximate surface area is 192 Å². The second-order valence-corrected chi connectivity index (χ2v) is 9.83. The molecule has 0 unspecified atom stereocenters. The van der Waals surface area contributed by atoms with Crippen molar-refractivity contribution in [1.82, 2.24) is 25.6 Å². The van der Waals surface area contributed by atoms with E-state index in [1.807, 2.05) is 12.1 Å². The molecule has 0 atom stereocenters. The van der Waals surface area contributed by atoms with Gasteiger partial charge in [0.15, 0.2) is 0 Å². The van der Waals surface area contributed by atoms with Crippen molar-refractivity contribution in [2.75, 3.05) is 58.9 Å². The van der Waals surface area contributed by atoms with Crippen molar-refractivity contribution in [3.63, 3.8) is 0 Å². The van der Waals surface area contributed by atoms with Gasteiger partial charge in [0.1, 0.15) is 0 Å². The Kier molecular flexibility index (Phi) is 12.8. The van der Waals surface area contributed by atoms with Crippen LogP contribution >= 0.6 is 0 Å². The number of amides is 1. The molecule has 6 N–H and O–H groups in total. The molecule has 1 fully saturated rings. The first-order chi connectivity index (χ1) is 15.5. The molecular formula is C22H40N6O3S.